The molecule has 0 bridgehead atoms. The average molecular weight is 263 g/mol. The van der Waals surface area contributed by atoms with Gasteiger partial charge in [-0.2, -0.15) is 0 Å². The summed E-state index contributed by atoms with van der Waals surface area (Å²) < 4.78 is 5.15. The van der Waals surface area contributed by atoms with Gasteiger partial charge in [0.05, 0.1) is 18.8 Å². The average Bonchev–Trinajstić information content (AvgIpc) is 2.46. The molecule has 19 heavy (non-hydrogen) atoms. The second-order valence-corrected chi connectivity index (χ2v) is 4.90. The third-order valence-electron chi connectivity index (χ3n) is 3.46. The van der Waals surface area contributed by atoms with Gasteiger partial charge in [-0.3, -0.25) is 4.79 Å². The molecule has 0 aliphatic heterocycles. The smallest absolute Gasteiger partial charge is 0.329 e. The molecule has 4 nitrogen and oxygen atoms in total. The van der Waals surface area contributed by atoms with Crippen molar-refractivity contribution in [2.75, 3.05) is 12.2 Å². The Morgan fingerprint density at radius 3 is 2.32 bits per heavy atom. The van der Waals surface area contributed by atoms with Crippen LogP contribution in [0.4, 0.5) is 5.69 Å². The van der Waals surface area contributed by atoms with Gasteiger partial charge < -0.3 is 9.57 Å². The van der Waals surface area contributed by atoms with E-state index in [0.717, 1.165) is 24.3 Å². The molecule has 1 aromatic carbocycles. The minimum atomic E-state index is -0.276. The Morgan fingerprint density at radius 2 is 1.79 bits per heavy atom. The Kier molecular flexibility index (Phi) is 4.66. The molecule has 0 heterocycles. The highest BCUT2D eigenvalue weighted by Gasteiger charge is 2.24. The van der Waals surface area contributed by atoms with Crippen LogP contribution in [0.15, 0.2) is 24.3 Å². The minimum Gasteiger partial charge on any atom is -0.497 e. The van der Waals surface area contributed by atoms with Crippen LogP contribution >= 0.6 is 0 Å². The maximum absolute atomic E-state index is 11.3. The summed E-state index contributed by atoms with van der Waals surface area (Å²) in [6, 6.07) is 7.90. The summed E-state index contributed by atoms with van der Waals surface area (Å²) in [4.78, 5) is 16.7. The summed E-state index contributed by atoms with van der Waals surface area (Å²) in [5, 5.41) is 1.76. The zero-order valence-corrected chi connectivity index (χ0v) is 11.6. The molecule has 1 fully saturated rings. The predicted octanol–water partition coefficient (Wildman–Crippen LogP) is 3.31. The van der Waals surface area contributed by atoms with Crippen molar-refractivity contribution in [1.82, 2.24) is 0 Å². The lowest BCUT2D eigenvalue weighted by atomic mass is 9.95. The number of methoxy groups -OCH3 is 1. The number of nitrogens with zero attached hydrogens (tertiary/aromatic N) is 1. The van der Waals surface area contributed by atoms with E-state index in [-0.39, 0.29) is 12.0 Å². The van der Waals surface area contributed by atoms with Crippen LogP contribution in [-0.2, 0) is 9.63 Å². The first-order valence-electron chi connectivity index (χ1n) is 6.82. The Balaban J connectivity index is 2.17. The molecule has 1 aromatic rings. The summed E-state index contributed by atoms with van der Waals surface area (Å²) in [6.45, 7) is 1.44. The van der Waals surface area contributed by atoms with Gasteiger partial charge in [0.25, 0.3) is 0 Å². The van der Waals surface area contributed by atoms with Crippen LogP contribution in [0.25, 0.3) is 0 Å². The molecule has 104 valence electrons. The van der Waals surface area contributed by atoms with Crippen molar-refractivity contribution in [3.8, 4) is 5.75 Å². The van der Waals surface area contributed by atoms with Crippen LogP contribution in [-0.4, -0.2) is 19.1 Å². The fourth-order valence-corrected chi connectivity index (χ4v) is 2.52. The van der Waals surface area contributed by atoms with Crippen LogP contribution in [0.1, 0.15) is 39.0 Å². The van der Waals surface area contributed by atoms with Gasteiger partial charge in [0, 0.05) is 6.92 Å². The topological polar surface area (TPSA) is 38.8 Å². The number of hydrogen-bond donors (Lipinski definition) is 0. The second kappa shape index (κ2) is 6.45. The normalized spacial score (nSPS) is 15.9. The zero-order chi connectivity index (χ0) is 13.7. The first kappa shape index (κ1) is 13.7. The predicted molar refractivity (Wildman–Crippen MR) is 74.1 cm³/mol. The molecule has 0 aromatic heterocycles. The Bertz CT molecular complexity index is 410. The SMILES string of the molecule is COc1ccc(N(OC(C)=O)C2CCCCC2)cc1. The lowest BCUT2D eigenvalue weighted by Gasteiger charge is -2.33. The molecular formula is C15H21NO3. The first-order chi connectivity index (χ1) is 9.20. The van der Waals surface area contributed by atoms with Gasteiger partial charge in [0.15, 0.2) is 0 Å². The minimum absolute atomic E-state index is 0.276. The number of hydrogen-bond acceptors (Lipinski definition) is 4. The summed E-state index contributed by atoms with van der Waals surface area (Å²) in [5.41, 5.74) is 0.905. The maximum Gasteiger partial charge on any atom is 0.329 e. The largest absolute Gasteiger partial charge is 0.497 e. The molecule has 1 saturated carbocycles. The molecule has 0 N–H and O–H groups in total. The fraction of sp³-hybridized carbons (Fsp3) is 0.533. The molecule has 4 heteroatoms. The standard InChI is InChI=1S/C15H21NO3/c1-12(17)19-16(13-6-4-3-5-7-13)14-8-10-15(18-2)11-9-14/h8-11,13H,3-7H2,1-2H3. The number of ether oxygens (including phenoxy) is 1. The van der Waals surface area contributed by atoms with E-state index in [1.54, 1.807) is 12.2 Å². The number of hydroxylamine groups is 1. The number of rotatable bonds is 4. The summed E-state index contributed by atoms with van der Waals surface area (Å²) in [5.74, 6) is 0.525. The third kappa shape index (κ3) is 3.63. The molecule has 0 radical (unpaired) electrons. The lowest BCUT2D eigenvalue weighted by molar-refractivity contribution is -0.143. The molecule has 0 atom stereocenters. The molecule has 0 spiro atoms. The first-order valence-corrected chi connectivity index (χ1v) is 6.82. The highest BCUT2D eigenvalue weighted by atomic mass is 16.7. The van der Waals surface area contributed by atoms with Gasteiger partial charge >= 0.3 is 5.97 Å². The van der Waals surface area contributed by atoms with E-state index >= 15 is 0 Å². The Labute approximate surface area is 114 Å². The van der Waals surface area contributed by atoms with Crippen molar-refractivity contribution < 1.29 is 14.4 Å². The fourth-order valence-electron chi connectivity index (χ4n) is 2.52. The van der Waals surface area contributed by atoms with Crippen LogP contribution in [0, 0.1) is 0 Å². The van der Waals surface area contributed by atoms with Crippen LogP contribution < -0.4 is 9.80 Å². The molecule has 0 amide bonds. The summed E-state index contributed by atoms with van der Waals surface area (Å²) in [6.07, 6.45) is 5.79. The van der Waals surface area contributed by atoms with Gasteiger partial charge in [0.1, 0.15) is 5.75 Å². The van der Waals surface area contributed by atoms with Crippen molar-refractivity contribution >= 4 is 11.7 Å². The number of benzene rings is 1. The summed E-state index contributed by atoms with van der Waals surface area (Å²) in [7, 11) is 1.64. The van der Waals surface area contributed by atoms with Crippen molar-refractivity contribution in [2.24, 2.45) is 0 Å². The Morgan fingerprint density at radius 1 is 1.16 bits per heavy atom. The molecule has 1 aliphatic rings. The van der Waals surface area contributed by atoms with E-state index in [0.29, 0.717) is 0 Å². The second-order valence-electron chi connectivity index (χ2n) is 4.90. The van der Waals surface area contributed by atoms with E-state index in [1.807, 2.05) is 24.3 Å². The Hall–Kier alpha value is -1.71. The van der Waals surface area contributed by atoms with Gasteiger partial charge in [-0.25, -0.2) is 5.06 Å². The third-order valence-corrected chi connectivity index (χ3v) is 3.46. The van der Waals surface area contributed by atoms with Gasteiger partial charge in [-0.15, -0.1) is 0 Å². The van der Waals surface area contributed by atoms with Crippen LogP contribution in [0.2, 0.25) is 0 Å². The number of anilines is 1. The summed E-state index contributed by atoms with van der Waals surface area (Å²) >= 11 is 0. The monoisotopic (exact) mass is 263 g/mol. The molecule has 2 rings (SSSR count). The van der Waals surface area contributed by atoms with Gasteiger partial charge in [0.2, 0.25) is 0 Å². The molecular weight excluding hydrogens is 242 g/mol. The highest BCUT2D eigenvalue weighted by Crippen LogP contribution is 2.28. The molecule has 1 aliphatic carbocycles. The maximum atomic E-state index is 11.3. The van der Waals surface area contributed by atoms with Crippen LogP contribution in [0.5, 0.6) is 5.75 Å². The number of carbonyl (C=O) groups excluding carboxylic acids is 1. The van der Waals surface area contributed by atoms with Crippen molar-refractivity contribution in [3.63, 3.8) is 0 Å². The van der Waals surface area contributed by atoms with E-state index < -0.39 is 0 Å². The zero-order valence-electron chi connectivity index (χ0n) is 11.6. The molecule has 0 unspecified atom stereocenters. The highest BCUT2D eigenvalue weighted by molar-refractivity contribution is 5.68. The van der Waals surface area contributed by atoms with Gasteiger partial charge in [-0.1, -0.05) is 19.3 Å². The van der Waals surface area contributed by atoms with Crippen molar-refractivity contribution in [2.45, 2.75) is 45.1 Å². The lowest BCUT2D eigenvalue weighted by Crippen LogP contribution is -2.38. The van der Waals surface area contributed by atoms with E-state index in [9.17, 15) is 4.79 Å². The number of carbonyl (C=O) groups is 1. The van der Waals surface area contributed by atoms with Crippen LogP contribution in [0.3, 0.4) is 0 Å². The van der Waals surface area contributed by atoms with Crippen molar-refractivity contribution in [3.05, 3.63) is 24.3 Å². The molecule has 0 saturated heterocycles. The van der Waals surface area contributed by atoms with E-state index in [2.05, 4.69) is 0 Å². The van der Waals surface area contributed by atoms with E-state index in [1.165, 1.54) is 26.2 Å². The quantitative estimate of drug-likeness (QED) is 0.781. The van der Waals surface area contributed by atoms with Crippen molar-refractivity contribution in [1.29, 1.82) is 0 Å². The van der Waals surface area contributed by atoms with Gasteiger partial charge in [-0.05, 0) is 37.1 Å². The van der Waals surface area contributed by atoms with E-state index in [4.69, 9.17) is 9.57 Å².